The van der Waals surface area contributed by atoms with Gasteiger partial charge in [0.05, 0.1) is 0 Å². The molecule has 96 valence electrons. The van der Waals surface area contributed by atoms with Crippen molar-refractivity contribution < 1.29 is 23.1 Å². The first kappa shape index (κ1) is 12.5. The number of carbonyl (C=O) groups excluding carboxylic acids is 1. The minimum Gasteiger partial charge on any atom is -0.504 e. The maximum absolute atomic E-state index is 12.5. The van der Waals surface area contributed by atoms with Gasteiger partial charge in [0, 0.05) is 11.0 Å². The predicted octanol–water partition coefficient (Wildman–Crippen LogP) is 3.39. The lowest BCUT2D eigenvalue weighted by molar-refractivity contribution is -0.131. The fraction of sp³-hybridized carbons (Fsp3) is 0.750. The van der Waals surface area contributed by atoms with Gasteiger partial charge in [0.2, 0.25) is 5.76 Å². The summed E-state index contributed by atoms with van der Waals surface area (Å²) < 4.78 is 37.5. The lowest BCUT2D eigenvalue weighted by Crippen LogP contribution is -2.32. The van der Waals surface area contributed by atoms with Crippen LogP contribution in [-0.2, 0) is 4.79 Å². The molecule has 0 aromatic rings. The van der Waals surface area contributed by atoms with Crippen molar-refractivity contribution in [2.75, 3.05) is 0 Å². The predicted molar refractivity (Wildman–Crippen MR) is 55.3 cm³/mol. The van der Waals surface area contributed by atoms with Crippen molar-refractivity contribution in [2.45, 2.75) is 39.8 Å². The molecule has 17 heavy (non-hydrogen) atoms. The quantitative estimate of drug-likeness (QED) is 0.527. The van der Waals surface area contributed by atoms with Crippen LogP contribution in [-0.4, -0.2) is 17.1 Å². The highest BCUT2D eigenvalue weighted by molar-refractivity contribution is 6.05. The fourth-order valence-corrected chi connectivity index (χ4v) is 3.29. The van der Waals surface area contributed by atoms with Crippen LogP contribution in [0.5, 0.6) is 0 Å². The molecule has 0 radical (unpaired) electrons. The van der Waals surface area contributed by atoms with E-state index < -0.39 is 40.0 Å². The number of carbonyl (C=O) groups is 1. The van der Waals surface area contributed by atoms with E-state index in [-0.39, 0.29) is 0 Å². The molecule has 0 unspecified atom stereocenters. The van der Waals surface area contributed by atoms with Crippen LogP contribution in [0.4, 0.5) is 13.2 Å². The molecular weight excluding hydrogens is 233 g/mol. The van der Waals surface area contributed by atoms with Crippen LogP contribution in [0, 0.1) is 16.7 Å². The summed E-state index contributed by atoms with van der Waals surface area (Å²) in [4.78, 5) is 12.1. The Morgan fingerprint density at radius 2 is 1.88 bits per heavy atom. The van der Waals surface area contributed by atoms with Crippen molar-refractivity contribution in [3.8, 4) is 0 Å². The molecule has 0 saturated heterocycles. The number of aliphatic hydroxyl groups is 1. The van der Waals surface area contributed by atoms with Crippen molar-refractivity contribution in [1.82, 2.24) is 0 Å². The van der Waals surface area contributed by atoms with Gasteiger partial charge in [-0.3, -0.25) is 4.79 Å². The average molecular weight is 248 g/mol. The van der Waals surface area contributed by atoms with Crippen LogP contribution in [0.1, 0.15) is 33.6 Å². The van der Waals surface area contributed by atoms with Gasteiger partial charge in [-0.1, -0.05) is 20.8 Å². The van der Waals surface area contributed by atoms with Crippen LogP contribution in [0.3, 0.4) is 0 Å². The highest BCUT2D eigenvalue weighted by Crippen LogP contribution is 2.66. The highest BCUT2D eigenvalue weighted by Gasteiger charge is 2.66. The number of ketones is 1. The first-order valence-corrected chi connectivity index (χ1v) is 5.58. The molecule has 2 bridgehead atoms. The maximum Gasteiger partial charge on any atom is 0.449 e. The first-order valence-electron chi connectivity index (χ1n) is 5.58. The molecule has 5 heteroatoms. The van der Waals surface area contributed by atoms with Gasteiger partial charge >= 0.3 is 6.18 Å². The zero-order valence-corrected chi connectivity index (χ0v) is 9.98. The van der Waals surface area contributed by atoms with Crippen LogP contribution in [0.15, 0.2) is 11.3 Å². The molecule has 1 N–H and O–H groups in total. The molecule has 0 amide bonds. The van der Waals surface area contributed by atoms with Gasteiger partial charge in [-0.2, -0.15) is 13.2 Å². The molecular formula is C12H15F3O2. The Bertz CT molecular complexity index is 420. The number of halogens is 3. The lowest BCUT2D eigenvalue weighted by atomic mass is 9.70. The monoisotopic (exact) mass is 248 g/mol. The number of hydrogen-bond donors (Lipinski definition) is 1. The third kappa shape index (κ3) is 1.31. The van der Waals surface area contributed by atoms with Gasteiger partial charge in [-0.25, -0.2) is 0 Å². The second-order valence-electron chi connectivity index (χ2n) is 5.73. The Balaban J connectivity index is 2.60. The molecule has 0 aromatic carbocycles. The first-order chi connectivity index (χ1) is 7.53. The van der Waals surface area contributed by atoms with E-state index in [2.05, 4.69) is 0 Å². The van der Waals surface area contributed by atoms with Crippen LogP contribution >= 0.6 is 0 Å². The van der Waals surface area contributed by atoms with Gasteiger partial charge in [-0.15, -0.1) is 0 Å². The number of Topliss-reactive ketones (excluding diaryl/α,β-unsaturated/α-hetero) is 1. The average Bonchev–Trinajstić information content (AvgIpc) is 2.47. The molecule has 2 aliphatic carbocycles. The summed E-state index contributed by atoms with van der Waals surface area (Å²) in [5.41, 5.74) is -1.69. The summed E-state index contributed by atoms with van der Waals surface area (Å²) in [6.45, 7) is 5.31. The Morgan fingerprint density at radius 3 is 2.24 bits per heavy atom. The third-order valence-electron chi connectivity index (χ3n) is 4.84. The van der Waals surface area contributed by atoms with Crippen molar-refractivity contribution in [2.24, 2.45) is 16.7 Å². The summed E-state index contributed by atoms with van der Waals surface area (Å²) in [6.07, 6.45) is -3.70. The molecule has 0 aromatic heterocycles. The number of aliphatic hydroxyl groups excluding tert-OH is 1. The largest absolute Gasteiger partial charge is 0.504 e. The Hall–Kier alpha value is -1.00. The van der Waals surface area contributed by atoms with E-state index in [9.17, 15) is 23.1 Å². The summed E-state index contributed by atoms with van der Waals surface area (Å²) in [6, 6.07) is 0. The number of allylic oxidation sites excluding steroid dienone is 2. The zero-order chi connectivity index (χ0) is 13.2. The van der Waals surface area contributed by atoms with Gasteiger partial charge in [-0.05, 0) is 24.2 Å². The zero-order valence-electron chi connectivity index (χ0n) is 9.98. The minimum absolute atomic E-state index is 0.406. The van der Waals surface area contributed by atoms with Gasteiger partial charge in [0.25, 0.3) is 0 Å². The van der Waals surface area contributed by atoms with Crippen LogP contribution in [0.2, 0.25) is 0 Å². The number of alkyl halides is 3. The molecule has 2 saturated carbocycles. The van der Waals surface area contributed by atoms with E-state index in [1.807, 2.05) is 0 Å². The van der Waals surface area contributed by atoms with Crippen LogP contribution < -0.4 is 0 Å². The summed E-state index contributed by atoms with van der Waals surface area (Å²) >= 11 is 0. The minimum atomic E-state index is -4.83. The van der Waals surface area contributed by atoms with E-state index in [1.54, 1.807) is 20.8 Å². The molecule has 2 rings (SSSR count). The fourth-order valence-electron chi connectivity index (χ4n) is 3.29. The van der Waals surface area contributed by atoms with E-state index in [0.29, 0.717) is 12.8 Å². The van der Waals surface area contributed by atoms with Gasteiger partial charge < -0.3 is 5.11 Å². The molecule has 2 aliphatic rings. The van der Waals surface area contributed by atoms with Crippen LogP contribution in [0.25, 0.3) is 0 Å². The van der Waals surface area contributed by atoms with Crippen molar-refractivity contribution >= 4 is 5.78 Å². The Labute approximate surface area is 97.5 Å². The third-order valence-corrected chi connectivity index (χ3v) is 4.84. The van der Waals surface area contributed by atoms with Crippen molar-refractivity contribution in [3.05, 3.63) is 11.3 Å². The Morgan fingerprint density at radius 1 is 1.35 bits per heavy atom. The van der Waals surface area contributed by atoms with E-state index in [0.717, 1.165) is 0 Å². The maximum atomic E-state index is 12.5. The topological polar surface area (TPSA) is 37.3 Å². The molecule has 2 atom stereocenters. The van der Waals surface area contributed by atoms with E-state index >= 15 is 0 Å². The molecule has 2 nitrogen and oxygen atoms in total. The molecule has 2 fully saturated rings. The second-order valence-corrected chi connectivity index (χ2v) is 5.73. The molecule has 0 heterocycles. The Kier molecular flexibility index (Phi) is 2.24. The highest BCUT2D eigenvalue weighted by atomic mass is 19.4. The van der Waals surface area contributed by atoms with Crippen molar-refractivity contribution in [3.63, 3.8) is 0 Å². The van der Waals surface area contributed by atoms with E-state index in [1.165, 1.54) is 0 Å². The molecule has 0 aliphatic heterocycles. The summed E-state index contributed by atoms with van der Waals surface area (Å²) in [5.74, 6) is -2.71. The normalized spacial score (nSPS) is 38.7. The smallest absolute Gasteiger partial charge is 0.449 e. The SMILES string of the molecule is CC1(C)[C@H]2CC[C@]1(C)C(=O)/C2=C(/O)C(F)(F)F. The molecule has 0 spiro atoms. The number of hydrogen-bond acceptors (Lipinski definition) is 2. The standard InChI is InChI=1S/C12H15F3O2/c1-10(2)6-4-5-11(10,3)8(16)7(6)9(17)12(13,14)15/h6,17H,4-5H2,1-3H3/b9-7+/t6-,11+/m0/s1. The van der Waals surface area contributed by atoms with E-state index in [4.69, 9.17) is 0 Å². The number of fused-ring (bicyclic) bond motifs is 2. The number of rotatable bonds is 0. The second kappa shape index (κ2) is 3.06. The van der Waals surface area contributed by atoms with Crippen molar-refractivity contribution in [1.29, 1.82) is 0 Å². The van der Waals surface area contributed by atoms with Gasteiger partial charge in [0.15, 0.2) is 5.78 Å². The summed E-state index contributed by atoms with van der Waals surface area (Å²) in [5, 5.41) is 9.26. The van der Waals surface area contributed by atoms with Gasteiger partial charge in [0.1, 0.15) is 0 Å². The summed E-state index contributed by atoms with van der Waals surface area (Å²) in [7, 11) is 0. The lowest BCUT2D eigenvalue weighted by Gasteiger charge is -2.31.